The molecule has 1 unspecified atom stereocenters. The van der Waals surface area contributed by atoms with Gasteiger partial charge >= 0.3 is 12.0 Å². The molecule has 3 rings (SSSR count). The zero-order valence-corrected chi connectivity index (χ0v) is 15.1. The number of rotatable bonds is 6. The number of urea groups is 1. The molecule has 1 saturated heterocycles. The third kappa shape index (κ3) is 3.85. The van der Waals surface area contributed by atoms with E-state index in [1.807, 2.05) is 30.3 Å². The largest absolute Gasteiger partial charge is 0.480 e. The molecule has 0 aliphatic carbocycles. The van der Waals surface area contributed by atoms with E-state index in [0.29, 0.717) is 5.56 Å². The highest BCUT2D eigenvalue weighted by Crippen LogP contribution is 2.25. The number of carbonyl (C=O) groups is 4. The van der Waals surface area contributed by atoms with Crippen molar-refractivity contribution >= 4 is 23.8 Å². The Hall–Kier alpha value is -3.68. The molecule has 1 fully saturated rings. The first kappa shape index (κ1) is 19.1. The number of nitrogens with zero attached hydrogens (tertiary/aromatic N) is 1. The van der Waals surface area contributed by atoms with Crippen molar-refractivity contribution in [3.63, 3.8) is 0 Å². The molecule has 1 aliphatic rings. The van der Waals surface area contributed by atoms with E-state index in [2.05, 4.69) is 10.6 Å². The van der Waals surface area contributed by atoms with Crippen LogP contribution in [0.15, 0.2) is 54.6 Å². The molecule has 28 heavy (non-hydrogen) atoms. The van der Waals surface area contributed by atoms with Crippen LogP contribution in [0.3, 0.4) is 0 Å². The number of carboxylic acids is 1. The van der Waals surface area contributed by atoms with Gasteiger partial charge in [0.15, 0.2) is 0 Å². The fourth-order valence-electron chi connectivity index (χ4n) is 3.04. The lowest BCUT2D eigenvalue weighted by atomic mass is 9.91. The number of benzene rings is 2. The second-order valence-electron chi connectivity index (χ2n) is 6.65. The van der Waals surface area contributed by atoms with Gasteiger partial charge in [0, 0.05) is 12.1 Å². The minimum atomic E-state index is -1.22. The van der Waals surface area contributed by atoms with Gasteiger partial charge in [0.05, 0.1) is 0 Å². The predicted octanol–water partition coefficient (Wildman–Crippen LogP) is 1.47. The maximum absolute atomic E-state index is 12.8. The quantitative estimate of drug-likeness (QED) is 0.656. The summed E-state index contributed by atoms with van der Waals surface area (Å²) < 4.78 is 0. The number of carboxylic acid groups (broad SMARTS) is 1. The summed E-state index contributed by atoms with van der Waals surface area (Å²) in [5.41, 5.74) is 0.393. The van der Waals surface area contributed by atoms with Crippen LogP contribution in [-0.2, 0) is 21.7 Å². The molecular formula is C20H19N3O5. The van der Waals surface area contributed by atoms with Gasteiger partial charge in [-0.2, -0.15) is 0 Å². The summed E-state index contributed by atoms with van der Waals surface area (Å²) in [6.45, 7) is 1.28. The van der Waals surface area contributed by atoms with E-state index < -0.39 is 35.9 Å². The molecule has 1 heterocycles. The maximum atomic E-state index is 12.8. The van der Waals surface area contributed by atoms with E-state index >= 15 is 0 Å². The monoisotopic (exact) mass is 381 g/mol. The molecule has 8 nitrogen and oxygen atoms in total. The number of amides is 4. The van der Waals surface area contributed by atoms with Gasteiger partial charge in [0.25, 0.3) is 11.8 Å². The van der Waals surface area contributed by atoms with Gasteiger partial charge in [-0.25, -0.2) is 4.79 Å². The molecule has 0 aromatic heterocycles. The average Bonchev–Trinajstić information content (AvgIpc) is 2.94. The van der Waals surface area contributed by atoms with E-state index in [1.54, 1.807) is 19.1 Å². The molecule has 0 saturated carbocycles. The Morgan fingerprint density at radius 3 is 2.21 bits per heavy atom. The topological polar surface area (TPSA) is 116 Å². The number of nitrogens with one attached hydrogen (secondary N) is 2. The molecule has 0 spiro atoms. The highest BCUT2D eigenvalue weighted by Gasteiger charge is 2.43. The van der Waals surface area contributed by atoms with E-state index in [9.17, 15) is 19.2 Å². The summed E-state index contributed by atoms with van der Waals surface area (Å²) in [6.07, 6.45) is 0. The van der Waals surface area contributed by atoms with Crippen molar-refractivity contribution in [3.05, 3.63) is 71.3 Å². The molecule has 0 bridgehead atoms. The minimum absolute atomic E-state index is 0.157. The van der Waals surface area contributed by atoms with Crippen molar-refractivity contribution in [2.24, 2.45) is 0 Å². The standard InChI is InChI=1S/C20H19N3O5/c1-20(18(27)21-19(28)22-20)15-9-7-14(8-10-15)17(26)23(12-16(24)25)11-13-5-3-2-4-6-13/h2-10H,11-12H2,1H3,(H,24,25)(H2,21,22,27,28). The van der Waals surface area contributed by atoms with Gasteiger partial charge < -0.3 is 15.3 Å². The summed E-state index contributed by atoms with van der Waals surface area (Å²) in [7, 11) is 0. The predicted molar refractivity (Wildman–Crippen MR) is 99.3 cm³/mol. The molecule has 2 aromatic rings. The van der Waals surface area contributed by atoms with E-state index in [1.165, 1.54) is 17.0 Å². The highest BCUT2D eigenvalue weighted by atomic mass is 16.4. The van der Waals surface area contributed by atoms with Crippen LogP contribution in [0, 0.1) is 0 Å². The SMILES string of the molecule is CC1(c2ccc(C(=O)N(CC(=O)O)Cc3ccccc3)cc2)NC(=O)NC1=O. The fourth-order valence-corrected chi connectivity index (χ4v) is 3.04. The zero-order valence-electron chi connectivity index (χ0n) is 15.1. The fraction of sp³-hybridized carbons (Fsp3) is 0.200. The Kier molecular flexibility index (Phi) is 5.12. The summed E-state index contributed by atoms with van der Waals surface area (Å²) in [5.74, 6) is -2.03. The van der Waals surface area contributed by atoms with Crippen LogP contribution in [0.25, 0.3) is 0 Å². The van der Waals surface area contributed by atoms with Gasteiger partial charge in [0.1, 0.15) is 12.1 Å². The van der Waals surface area contributed by atoms with Gasteiger partial charge in [0.2, 0.25) is 0 Å². The Morgan fingerprint density at radius 2 is 1.68 bits per heavy atom. The molecule has 8 heteroatoms. The van der Waals surface area contributed by atoms with Gasteiger partial charge in [-0.3, -0.25) is 19.7 Å². The molecular weight excluding hydrogens is 362 g/mol. The lowest BCUT2D eigenvalue weighted by Crippen LogP contribution is -2.40. The first-order valence-corrected chi connectivity index (χ1v) is 8.59. The average molecular weight is 381 g/mol. The van der Waals surface area contributed by atoms with Gasteiger partial charge in [-0.1, -0.05) is 42.5 Å². The third-order valence-corrected chi connectivity index (χ3v) is 4.58. The number of hydrogen-bond donors (Lipinski definition) is 3. The molecule has 144 valence electrons. The molecule has 1 aliphatic heterocycles. The van der Waals surface area contributed by atoms with Crippen molar-refractivity contribution in [1.29, 1.82) is 0 Å². The normalized spacial score (nSPS) is 18.3. The van der Waals surface area contributed by atoms with Crippen LogP contribution in [0.5, 0.6) is 0 Å². The van der Waals surface area contributed by atoms with E-state index in [0.717, 1.165) is 5.56 Å². The summed E-state index contributed by atoms with van der Waals surface area (Å²) >= 11 is 0. The lowest BCUT2D eigenvalue weighted by Gasteiger charge is -2.23. The minimum Gasteiger partial charge on any atom is -0.480 e. The number of hydrogen-bond acceptors (Lipinski definition) is 4. The first-order chi connectivity index (χ1) is 13.3. The summed E-state index contributed by atoms with van der Waals surface area (Å²) in [6, 6.07) is 14.7. The second-order valence-corrected chi connectivity index (χ2v) is 6.65. The molecule has 4 amide bonds. The van der Waals surface area contributed by atoms with E-state index in [4.69, 9.17) is 5.11 Å². The van der Waals surface area contributed by atoms with Crippen LogP contribution < -0.4 is 10.6 Å². The van der Waals surface area contributed by atoms with Crippen molar-refractivity contribution in [2.45, 2.75) is 19.0 Å². The number of aliphatic carboxylic acids is 1. The van der Waals surface area contributed by atoms with Crippen molar-refractivity contribution in [2.75, 3.05) is 6.54 Å². The summed E-state index contributed by atoms with van der Waals surface area (Å²) in [5, 5.41) is 13.9. The molecule has 1 atom stereocenters. The van der Waals surface area contributed by atoms with E-state index in [-0.39, 0.29) is 12.1 Å². The third-order valence-electron chi connectivity index (χ3n) is 4.58. The van der Waals surface area contributed by atoms with Crippen molar-refractivity contribution in [1.82, 2.24) is 15.5 Å². The van der Waals surface area contributed by atoms with Crippen LogP contribution in [0.1, 0.15) is 28.4 Å². The Bertz CT molecular complexity index is 927. The number of imide groups is 1. The Labute approximate surface area is 161 Å². The Balaban J connectivity index is 1.82. The van der Waals surface area contributed by atoms with Crippen molar-refractivity contribution < 1.29 is 24.3 Å². The molecule has 3 N–H and O–H groups in total. The van der Waals surface area contributed by atoms with Crippen LogP contribution in [-0.4, -0.2) is 40.4 Å². The maximum Gasteiger partial charge on any atom is 0.323 e. The van der Waals surface area contributed by atoms with Crippen LogP contribution in [0.4, 0.5) is 4.79 Å². The second kappa shape index (κ2) is 7.51. The smallest absolute Gasteiger partial charge is 0.323 e. The Morgan fingerprint density at radius 1 is 1.04 bits per heavy atom. The summed E-state index contributed by atoms with van der Waals surface area (Å²) in [4.78, 5) is 48.7. The van der Waals surface area contributed by atoms with Crippen LogP contribution in [0.2, 0.25) is 0 Å². The number of carbonyl (C=O) groups excluding carboxylic acids is 3. The van der Waals surface area contributed by atoms with Gasteiger partial charge in [-0.05, 0) is 30.2 Å². The zero-order chi connectivity index (χ0) is 20.3. The lowest BCUT2D eigenvalue weighted by molar-refractivity contribution is -0.137. The van der Waals surface area contributed by atoms with Crippen molar-refractivity contribution in [3.8, 4) is 0 Å². The van der Waals surface area contributed by atoms with Gasteiger partial charge in [-0.15, -0.1) is 0 Å². The molecule has 0 radical (unpaired) electrons. The highest BCUT2D eigenvalue weighted by molar-refractivity contribution is 6.07. The van der Waals surface area contributed by atoms with Crippen LogP contribution >= 0.6 is 0 Å². The first-order valence-electron chi connectivity index (χ1n) is 8.59. The molecule has 2 aromatic carbocycles.